The average molecular weight is 687 g/mol. The number of methoxy groups -OCH3 is 1. The van der Waals surface area contributed by atoms with Gasteiger partial charge in [-0.3, -0.25) is 0 Å². The maximum Gasteiger partial charge on any atom is 0.128 e. The molecule has 6 aliphatic rings. The molecule has 38 heavy (non-hydrogen) atoms. The predicted molar refractivity (Wildman–Crippen MR) is 158 cm³/mol. The minimum Gasteiger partial charge on any atom is -0.505 e. The highest BCUT2D eigenvalue weighted by molar-refractivity contribution is 9.09. The van der Waals surface area contributed by atoms with Crippen molar-refractivity contribution in [2.45, 2.75) is 59.4 Å². The van der Waals surface area contributed by atoms with Gasteiger partial charge in [0.1, 0.15) is 17.5 Å². The second-order valence-electron chi connectivity index (χ2n) is 11.1. The quantitative estimate of drug-likeness (QED) is 0.180. The fourth-order valence-electron chi connectivity index (χ4n) is 6.40. The highest BCUT2D eigenvalue weighted by Gasteiger charge is 2.56. The fourth-order valence-corrected chi connectivity index (χ4v) is 9.19. The molecule has 4 nitrogen and oxygen atoms in total. The van der Waals surface area contributed by atoms with Gasteiger partial charge < -0.3 is 19.0 Å². The van der Waals surface area contributed by atoms with E-state index in [1.807, 2.05) is 36.4 Å². The zero-order chi connectivity index (χ0) is 27.0. The van der Waals surface area contributed by atoms with Gasteiger partial charge >= 0.3 is 0 Å². The van der Waals surface area contributed by atoms with Crippen LogP contribution in [0.4, 0.5) is 0 Å². The predicted octanol–water partition coefficient (Wildman–Crippen LogP) is 8.36. The first-order valence-electron chi connectivity index (χ1n) is 13.0. The summed E-state index contributed by atoms with van der Waals surface area (Å²) in [5, 5.41) is 1.50. The van der Waals surface area contributed by atoms with E-state index in [4.69, 9.17) is 37.4 Å². The van der Waals surface area contributed by atoms with E-state index in [0.29, 0.717) is 11.4 Å². The van der Waals surface area contributed by atoms with Crippen LogP contribution >= 0.6 is 55.1 Å². The molecule has 0 aromatic heterocycles. The molecular weight excluding hydrogens is 655 g/mol. The van der Waals surface area contributed by atoms with Gasteiger partial charge in [-0.05, 0) is 80.0 Å². The van der Waals surface area contributed by atoms with Crippen molar-refractivity contribution in [2.24, 2.45) is 10.8 Å². The number of carbonyl (C=O) groups excluding carboxylic acids is 1. The normalized spacial score (nSPS) is 37.5. The van der Waals surface area contributed by atoms with Crippen LogP contribution in [-0.4, -0.2) is 36.3 Å². The zero-order valence-electron chi connectivity index (χ0n) is 21.3. The summed E-state index contributed by atoms with van der Waals surface area (Å²) >= 11 is 19.5. The number of aldehydes is 1. The van der Waals surface area contributed by atoms with Crippen molar-refractivity contribution in [1.29, 1.82) is 0 Å². The van der Waals surface area contributed by atoms with E-state index >= 15 is 0 Å². The van der Waals surface area contributed by atoms with Crippen LogP contribution in [0.5, 0.6) is 0 Å². The lowest BCUT2D eigenvalue weighted by atomic mass is 9.64. The third-order valence-electron chi connectivity index (χ3n) is 8.88. The third-order valence-corrected chi connectivity index (χ3v) is 11.5. The molecule has 6 fully saturated rings. The van der Waals surface area contributed by atoms with Crippen molar-refractivity contribution < 1.29 is 19.0 Å². The number of ether oxygens (including phenoxy) is 3. The molecule has 4 saturated heterocycles. The highest BCUT2D eigenvalue weighted by atomic mass is 79.9. The molecule has 2 aliphatic carbocycles. The Balaban J connectivity index is 0.000000156. The summed E-state index contributed by atoms with van der Waals surface area (Å²) in [5.74, 6) is 0. The van der Waals surface area contributed by atoms with E-state index in [9.17, 15) is 4.79 Å². The lowest BCUT2D eigenvalue weighted by Gasteiger charge is -2.55. The summed E-state index contributed by atoms with van der Waals surface area (Å²) in [6, 6.07) is 15.9. The van der Waals surface area contributed by atoms with E-state index in [-0.39, 0.29) is 26.9 Å². The summed E-state index contributed by atoms with van der Waals surface area (Å²) in [6.45, 7) is 1.28. The summed E-state index contributed by atoms with van der Waals surface area (Å²) in [6.07, 6.45) is 10.8. The molecule has 8 heteroatoms. The average Bonchev–Trinajstić information content (AvgIpc) is 2.94. The highest BCUT2D eigenvalue weighted by Crippen LogP contribution is 2.57. The largest absolute Gasteiger partial charge is 0.505 e. The second-order valence-corrected chi connectivity index (χ2v) is 14.2. The Morgan fingerprint density at radius 2 is 1.24 bits per heavy atom. The van der Waals surface area contributed by atoms with Gasteiger partial charge in [0.25, 0.3) is 0 Å². The molecule has 8 rings (SSSR count). The van der Waals surface area contributed by atoms with Gasteiger partial charge in [-0.1, -0.05) is 79.3 Å². The van der Waals surface area contributed by atoms with Gasteiger partial charge in [0.15, 0.2) is 0 Å². The van der Waals surface area contributed by atoms with Crippen LogP contribution in [-0.2, 0) is 30.2 Å². The third kappa shape index (κ3) is 5.14. The van der Waals surface area contributed by atoms with Crippen LogP contribution in [0.25, 0.3) is 0 Å². The SMILES string of the molecule is COC=CC12CCC(c3ccc(Cl)cc3)(OC1)C(Br)C2.O=CC12CCC(c3ccc(Cl)cc3)(OC1)C(Br)C2. The topological polar surface area (TPSA) is 44.8 Å². The fraction of sp³-hybridized carbons (Fsp3) is 0.500. The molecular formula is C30H32Br2Cl2O4. The second kappa shape index (κ2) is 11.2. The monoisotopic (exact) mass is 684 g/mol. The molecule has 2 aromatic rings. The van der Waals surface area contributed by atoms with Crippen LogP contribution < -0.4 is 0 Å². The standard InChI is InChI=1S/C16H18BrClO2.C14H14BrClO2/c1-19-9-8-15-6-7-16(20-11-15,14(17)10-15)12-2-4-13(18)5-3-12;15-12-7-13(8-17)5-6-14(12,18-9-13)10-1-3-11(16)4-2-10/h2-5,8-9,14H,6-7,10-11H2,1H3;1-4,8,12H,5-7,9H2. The summed E-state index contributed by atoms with van der Waals surface area (Å²) < 4.78 is 17.5. The first-order chi connectivity index (χ1) is 18.2. The number of benzene rings is 2. The Morgan fingerprint density at radius 1 is 0.789 bits per heavy atom. The molecule has 0 amide bonds. The minimum absolute atomic E-state index is 0.109. The van der Waals surface area contributed by atoms with E-state index < -0.39 is 0 Å². The Morgan fingerprint density at radius 3 is 1.61 bits per heavy atom. The van der Waals surface area contributed by atoms with Crippen LogP contribution in [0.2, 0.25) is 10.0 Å². The maximum atomic E-state index is 11.3. The van der Waals surface area contributed by atoms with Crippen molar-refractivity contribution in [3.8, 4) is 0 Å². The Labute approximate surface area is 251 Å². The van der Waals surface area contributed by atoms with Crippen LogP contribution in [0.3, 0.4) is 0 Å². The van der Waals surface area contributed by atoms with Crippen LogP contribution in [0.1, 0.15) is 49.7 Å². The van der Waals surface area contributed by atoms with Gasteiger partial charge in [-0.2, -0.15) is 0 Å². The molecule has 2 aromatic carbocycles. The van der Waals surface area contributed by atoms with Crippen molar-refractivity contribution in [1.82, 2.24) is 0 Å². The molecule has 0 spiro atoms. The molecule has 4 bridgehead atoms. The Kier molecular flexibility index (Phi) is 8.42. The Hall–Kier alpha value is -0.890. The number of rotatable bonds is 5. The van der Waals surface area contributed by atoms with Crippen molar-refractivity contribution in [3.63, 3.8) is 0 Å². The molecule has 4 aliphatic heterocycles. The van der Waals surface area contributed by atoms with Gasteiger partial charge in [0.05, 0.1) is 32.0 Å². The van der Waals surface area contributed by atoms with Gasteiger partial charge in [-0.15, -0.1) is 0 Å². The Bertz CT molecular complexity index is 1150. The number of halogens is 4. The smallest absolute Gasteiger partial charge is 0.128 e. The molecule has 0 N–H and O–H groups in total. The number of hydrogen-bond donors (Lipinski definition) is 0. The van der Waals surface area contributed by atoms with Crippen molar-refractivity contribution >= 4 is 61.3 Å². The summed E-state index contributed by atoms with van der Waals surface area (Å²) in [5.41, 5.74) is 1.68. The van der Waals surface area contributed by atoms with Crippen LogP contribution in [0.15, 0.2) is 60.9 Å². The number of fused-ring (bicyclic) bond motifs is 6. The van der Waals surface area contributed by atoms with Gasteiger partial charge in [0, 0.05) is 25.1 Å². The molecule has 6 unspecified atom stereocenters. The first-order valence-corrected chi connectivity index (χ1v) is 15.5. The van der Waals surface area contributed by atoms with Crippen LogP contribution in [0, 0.1) is 10.8 Å². The lowest BCUT2D eigenvalue weighted by molar-refractivity contribution is -0.181. The molecule has 6 atom stereocenters. The van der Waals surface area contributed by atoms with E-state index in [0.717, 1.165) is 67.0 Å². The zero-order valence-corrected chi connectivity index (χ0v) is 26.0. The summed E-state index contributed by atoms with van der Waals surface area (Å²) in [4.78, 5) is 11.7. The van der Waals surface area contributed by atoms with Gasteiger partial charge in [-0.25, -0.2) is 0 Å². The summed E-state index contributed by atoms with van der Waals surface area (Å²) in [7, 11) is 1.68. The molecule has 2 saturated carbocycles. The number of hydrogen-bond acceptors (Lipinski definition) is 4. The van der Waals surface area contributed by atoms with Crippen molar-refractivity contribution in [3.05, 3.63) is 82.0 Å². The molecule has 0 radical (unpaired) electrons. The minimum atomic E-state index is -0.296. The molecule has 204 valence electrons. The number of carbonyl (C=O) groups is 1. The van der Waals surface area contributed by atoms with E-state index in [1.54, 1.807) is 13.4 Å². The van der Waals surface area contributed by atoms with Gasteiger partial charge in [0.2, 0.25) is 0 Å². The van der Waals surface area contributed by atoms with E-state index in [2.05, 4.69) is 50.1 Å². The first kappa shape index (κ1) is 28.6. The maximum absolute atomic E-state index is 11.3. The van der Waals surface area contributed by atoms with Crippen molar-refractivity contribution in [2.75, 3.05) is 20.3 Å². The lowest BCUT2D eigenvalue weighted by Crippen LogP contribution is -2.56. The van der Waals surface area contributed by atoms with E-state index in [1.165, 1.54) is 5.56 Å². The number of alkyl halides is 2. The molecule has 4 heterocycles.